The van der Waals surface area contributed by atoms with Crippen molar-refractivity contribution >= 4 is 21.7 Å². The number of rotatable bonds is 9. The lowest BCUT2D eigenvalue weighted by Gasteiger charge is -2.44. The summed E-state index contributed by atoms with van der Waals surface area (Å²) >= 11 is 0. The van der Waals surface area contributed by atoms with E-state index in [0.717, 1.165) is 31.4 Å². The Balaban J connectivity index is 1.34. The molecule has 30 heavy (non-hydrogen) atoms. The molecule has 1 aliphatic carbocycles. The number of hydrogen-bond donors (Lipinski definition) is 1. The summed E-state index contributed by atoms with van der Waals surface area (Å²) in [7, 11) is -3.67. The number of primary sulfonamides is 1. The number of nitrogens with zero attached hydrogens (tertiary/aromatic N) is 1. The summed E-state index contributed by atoms with van der Waals surface area (Å²) in [5.41, 5.74) is 0.984. The van der Waals surface area contributed by atoms with Crippen molar-refractivity contribution in [1.82, 2.24) is 4.90 Å². The average molecular weight is 435 g/mol. The number of nitrogens with two attached hydrogens (primary N) is 1. The van der Waals surface area contributed by atoms with E-state index >= 15 is 0 Å². The number of piperidine rings is 1. The van der Waals surface area contributed by atoms with Gasteiger partial charge in [0.1, 0.15) is 5.78 Å². The Kier molecular flexibility index (Phi) is 8.06. The molecule has 166 valence electrons. The van der Waals surface area contributed by atoms with E-state index in [1.807, 2.05) is 0 Å². The zero-order valence-electron chi connectivity index (χ0n) is 17.7. The molecule has 1 amide bonds. The van der Waals surface area contributed by atoms with Crippen LogP contribution in [0.1, 0.15) is 76.2 Å². The minimum atomic E-state index is -3.67. The second-order valence-electron chi connectivity index (χ2n) is 8.78. The van der Waals surface area contributed by atoms with Crippen LogP contribution in [0.4, 0.5) is 0 Å². The summed E-state index contributed by atoms with van der Waals surface area (Å²) in [6, 6.07) is 6.90. The maximum Gasteiger partial charge on any atom is 0.238 e. The van der Waals surface area contributed by atoms with E-state index in [9.17, 15) is 18.0 Å². The van der Waals surface area contributed by atoms with Gasteiger partial charge in [0.15, 0.2) is 0 Å². The van der Waals surface area contributed by atoms with Crippen LogP contribution < -0.4 is 5.14 Å². The van der Waals surface area contributed by atoms with Crippen LogP contribution in [0.2, 0.25) is 0 Å². The van der Waals surface area contributed by atoms with Crippen molar-refractivity contribution < 1.29 is 18.0 Å². The van der Waals surface area contributed by atoms with E-state index in [-0.39, 0.29) is 16.6 Å². The van der Waals surface area contributed by atoms with Gasteiger partial charge in [-0.25, -0.2) is 13.6 Å². The van der Waals surface area contributed by atoms with Crippen LogP contribution in [0.3, 0.4) is 0 Å². The van der Waals surface area contributed by atoms with E-state index < -0.39 is 10.0 Å². The van der Waals surface area contributed by atoms with Crippen molar-refractivity contribution in [3.05, 3.63) is 29.8 Å². The van der Waals surface area contributed by atoms with E-state index in [4.69, 9.17) is 5.14 Å². The molecule has 2 aliphatic rings. The molecule has 2 fully saturated rings. The fraction of sp³-hybridized carbons (Fsp3) is 0.652. The SMILES string of the molecule is NS(=O)(=O)c1ccc(CCCC(=O)CCCC(=O)N2CCCC3CCCCC32)cc1. The topological polar surface area (TPSA) is 97.5 Å². The number of sulfonamides is 1. The summed E-state index contributed by atoms with van der Waals surface area (Å²) in [6.45, 7) is 0.887. The van der Waals surface area contributed by atoms with Crippen LogP contribution in [0.5, 0.6) is 0 Å². The maximum absolute atomic E-state index is 12.7. The number of carbonyl (C=O) groups excluding carboxylic acids is 2. The Hall–Kier alpha value is -1.73. The lowest BCUT2D eigenvalue weighted by molar-refractivity contribution is -0.137. The number of ketones is 1. The second kappa shape index (κ2) is 10.5. The first-order chi connectivity index (χ1) is 14.3. The highest BCUT2D eigenvalue weighted by Crippen LogP contribution is 2.35. The highest BCUT2D eigenvalue weighted by atomic mass is 32.2. The predicted molar refractivity (Wildman–Crippen MR) is 116 cm³/mol. The molecule has 1 saturated heterocycles. The normalized spacial score (nSPS) is 21.8. The van der Waals surface area contributed by atoms with Crippen molar-refractivity contribution in [1.29, 1.82) is 0 Å². The van der Waals surface area contributed by atoms with Crippen molar-refractivity contribution in [3.63, 3.8) is 0 Å². The number of aryl methyl sites for hydroxylation is 1. The summed E-state index contributed by atoms with van der Waals surface area (Å²) in [5.74, 6) is 1.12. The highest BCUT2D eigenvalue weighted by Gasteiger charge is 2.35. The standard InChI is InChI=1S/C23H34N2O4S/c24-30(28,29)21-15-13-18(14-16-21)6-3-9-20(26)10-4-12-23(27)25-17-5-8-19-7-1-2-11-22(19)25/h13-16,19,22H,1-12,17H2,(H2,24,28,29). The minimum Gasteiger partial charge on any atom is -0.339 e. The summed E-state index contributed by atoms with van der Waals surface area (Å²) < 4.78 is 22.5. The van der Waals surface area contributed by atoms with Gasteiger partial charge in [0, 0.05) is 31.8 Å². The van der Waals surface area contributed by atoms with Crippen LogP contribution >= 0.6 is 0 Å². The highest BCUT2D eigenvalue weighted by molar-refractivity contribution is 7.89. The molecule has 6 nitrogen and oxygen atoms in total. The molecule has 2 unspecified atom stereocenters. The first kappa shape index (κ1) is 22.9. The fourth-order valence-corrected chi connectivity index (χ4v) is 5.49. The van der Waals surface area contributed by atoms with Crippen molar-refractivity contribution in [2.75, 3.05) is 6.54 Å². The lowest BCUT2D eigenvalue weighted by Crippen LogP contribution is -2.49. The number of benzene rings is 1. The molecule has 1 heterocycles. The van der Waals surface area contributed by atoms with Gasteiger partial charge < -0.3 is 4.90 Å². The van der Waals surface area contributed by atoms with Gasteiger partial charge in [-0.15, -0.1) is 0 Å². The van der Waals surface area contributed by atoms with Crippen LogP contribution in [-0.2, 0) is 26.0 Å². The Morgan fingerprint density at radius 1 is 0.933 bits per heavy atom. The number of fused-ring (bicyclic) bond motifs is 1. The molecule has 0 bridgehead atoms. The molecule has 0 spiro atoms. The molecule has 1 aromatic rings. The van der Waals surface area contributed by atoms with Crippen molar-refractivity contribution in [2.45, 2.75) is 88.0 Å². The quantitative estimate of drug-likeness (QED) is 0.642. The predicted octanol–water partition coefficient (Wildman–Crippen LogP) is 3.58. The van der Waals surface area contributed by atoms with E-state index in [0.29, 0.717) is 44.1 Å². The summed E-state index contributed by atoms with van der Waals surface area (Å²) in [5, 5.41) is 5.09. The largest absolute Gasteiger partial charge is 0.339 e. The third kappa shape index (κ3) is 6.38. The Bertz CT molecular complexity index is 833. The average Bonchev–Trinajstić information content (AvgIpc) is 2.73. The monoisotopic (exact) mass is 434 g/mol. The lowest BCUT2D eigenvalue weighted by atomic mass is 9.78. The van der Waals surface area contributed by atoms with Crippen LogP contribution in [0, 0.1) is 5.92 Å². The van der Waals surface area contributed by atoms with Gasteiger partial charge >= 0.3 is 0 Å². The fourth-order valence-electron chi connectivity index (χ4n) is 4.98. The third-order valence-corrected chi connectivity index (χ3v) is 7.51. The molecule has 1 aromatic carbocycles. The molecule has 0 aromatic heterocycles. The van der Waals surface area contributed by atoms with Crippen molar-refractivity contribution in [2.24, 2.45) is 11.1 Å². The van der Waals surface area contributed by atoms with Gasteiger partial charge in [-0.05, 0) is 68.6 Å². The van der Waals surface area contributed by atoms with Gasteiger partial charge in [0.05, 0.1) is 4.90 Å². The minimum absolute atomic E-state index is 0.0975. The van der Waals surface area contributed by atoms with E-state index in [1.165, 1.54) is 37.8 Å². The Labute approximate surface area is 180 Å². The summed E-state index contributed by atoms with van der Waals surface area (Å²) in [4.78, 5) is 27.1. The second-order valence-corrected chi connectivity index (χ2v) is 10.3. The molecule has 1 aliphatic heterocycles. The van der Waals surface area contributed by atoms with Gasteiger partial charge in [0.25, 0.3) is 0 Å². The molecule has 1 saturated carbocycles. The van der Waals surface area contributed by atoms with Crippen molar-refractivity contribution in [3.8, 4) is 0 Å². The summed E-state index contributed by atoms with van der Waals surface area (Å²) in [6.07, 6.45) is 10.8. The van der Waals surface area contributed by atoms with Gasteiger partial charge in [-0.3, -0.25) is 9.59 Å². The number of likely N-dealkylation sites (tertiary alicyclic amines) is 1. The molecule has 2 N–H and O–H groups in total. The van der Waals surface area contributed by atoms with Crippen LogP contribution in [-0.4, -0.2) is 37.6 Å². The Morgan fingerprint density at radius 3 is 2.33 bits per heavy atom. The maximum atomic E-state index is 12.7. The zero-order valence-corrected chi connectivity index (χ0v) is 18.5. The number of carbonyl (C=O) groups is 2. The molecular formula is C23H34N2O4S. The third-order valence-electron chi connectivity index (χ3n) is 6.58. The molecular weight excluding hydrogens is 400 g/mol. The van der Waals surface area contributed by atoms with Crippen LogP contribution in [0.15, 0.2) is 29.2 Å². The van der Waals surface area contributed by atoms with E-state index in [1.54, 1.807) is 12.1 Å². The molecule has 3 rings (SSSR count). The van der Waals surface area contributed by atoms with Gasteiger partial charge in [-0.2, -0.15) is 0 Å². The van der Waals surface area contributed by atoms with Gasteiger partial charge in [-0.1, -0.05) is 25.0 Å². The zero-order chi connectivity index (χ0) is 21.6. The Morgan fingerprint density at radius 2 is 1.60 bits per heavy atom. The number of Topliss-reactive ketones (excluding diaryl/α,β-unsaturated/α-hetero) is 1. The first-order valence-corrected chi connectivity index (χ1v) is 12.8. The van der Waals surface area contributed by atoms with E-state index in [2.05, 4.69) is 4.90 Å². The smallest absolute Gasteiger partial charge is 0.238 e. The van der Waals surface area contributed by atoms with Gasteiger partial charge in [0.2, 0.25) is 15.9 Å². The van der Waals surface area contributed by atoms with Crippen LogP contribution in [0.25, 0.3) is 0 Å². The molecule has 2 atom stereocenters. The number of amides is 1. The molecule has 7 heteroatoms. The first-order valence-electron chi connectivity index (χ1n) is 11.3. The number of hydrogen-bond acceptors (Lipinski definition) is 4. The molecule has 0 radical (unpaired) electrons.